The highest BCUT2D eigenvalue weighted by molar-refractivity contribution is 7.16. The summed E-state index contributed by atoms with van der Waals surface area (Å²) in [7, 11) is 0. The van der Waals surface area contributed by atoms with Crippen molar-refractivity contribution in [2.24, 2.45) is 0 Å². The van der Waals surface area contributed by atoms with Gasteiger partial charge in [-0.05, 0) is 37.2 Å². The Morgan fingerprint density at radius 2 is 1.93 bits per heavy atom. The number of Topliss-reactive ketones (excluding diaryl/α,β-unsaturated/α-hetero) is 1. The molecule has 1 aromatic heterocycles. The van der Waals surface area contributed by atoms with Crippen LogP contribution in [-0.2, 0) is 0 Å². The molecule has 0 amide bonds. The van der Waals surface area contributed by atoms with Crippen LogP contribution in [0.2, 0.25) is 0 Å². The summed E-state index contributed by atoms with van der Waals surface area (Å²) < 4.78 is 0. The van der Waals surface area contributed by atoms with E-state index in [2.05, 4.69) is 13.8 Å². The molecule has 1 aromatic rings. The largest absolute Gasteiger partial charge is 0.390 e. The second-order valence-electron chi connectivity index (χ2n) is 4.55. The standard InChI is InChI=1S/C12H17NOS/c1-6-4-5-7(2)11-9(6)10(8(3)14)12(13)15-11/h6-7H,4-5,13H2,1-3H3. The van der Waals surface area contributed by atoms with E-state index in [1.807, 2.05) is 0 Å². The number of carbonyl (C=O) groups is 1. The fourth-order valence-electron chi connectivity index (χ4n) is 2.47. The van der Waals surface area contributed by atoms with Gasteiger partial charge in [0.15, 0.2) is 5.78 Å². The molecular weight excluding hydrogens is 206 g/mol. The van der Waals surface area contributed by atoms with E-state index < -0.39 is 0 Å². The summed E-state index contributed by atoms with van der Waals surface area (Å²) in [5.41, 5.74) is 7.98. The first-order chi connectivity index (χ1) is 7.02. The molecule has 2 N–H and O–H groups in total. The Morgan fingerprint density at radius 1 is 1.33 bits per heavy atom. The van der Waals surface area contributed by atoms with Crippen LogP contribution in [0.15, 0.2) is 0 Å². The fourth-order valence-corrected chi connectivity index (χ4v) is 3.80. The van der Waals surface area contributed by atoms with Crippen LogP contribution in [0.5, 0.6) is 0 Å². The van der Waals surface area contributed by atoms with Crippen LogP contribution in [0.1, 0.15) is 66.2 Å². The predicted octanol–water partition coefficient (Wildman–Crippen LogP) is 3.53. The van der Waals surface area contributed by atoms with E-state index in [0.717, 1.165) is 5.56 Å². The van der Waals surface area contributed by atoms with Gasteiger partial charge in [0.2, 0.25) is 0 Å². The third-order valence-corrected chi connectivity index (χ3v) is 4.59. The van der Waals surface area contributed by atoms with Crippen molar-refractivity contribution < 1.29 is 4.79 Å². The van der Waals surface area contributed by atoms with Crippen molar-refractivity contribution in [3.8, 4) is 0 Å². The Morgan fingerprint density at radius 3 is 2.53 bits per heavy atom. The second kappa shape index (κ2) is 3.63. The number of nitrogens with two attached hydrogens (primary N) is 1. The summed E-state index contributed by atoms with van der Waals surface area (Å²) in [6.07, 6.45) is 2.39. The minimum absolute atomic E-state index is 0.117. The van der Waals surface area contributed by atoms with Crippen molar-refractivity contribution in [3.05, 3.63) is 16.0 Å². The lowest BCUT2D eigenvalue weighted by Crippen LogP contribution is -2.11. The summed E-state index contributed by atoms with van der Waals surface area (Å²) in [5.74, 6) is 1.17. The Kier molecular flexibility index (Phi) is 2.59. The van der Waals surface area contributed by atoms with Gasteiger partial charge in [0.1, 0.15) is 0 Å². The zero-order valence-electron chi connectivity index (χ0n) is 9.46. The number of rotatable bonds is 1. The third kappa shape index (κ3) is 1.59. The summed E-state index contributed by atoms with van der Waals surface area (Å²) >= 11 is 1.61. The van der Waals surface area contributed by atoms with Crippen LogP contribution in [0, 0.1) is 0 Å². The maximum atomic E-state index is 11.6. The molecule has 2 unspecified atom stereocenters. The van der Waals surface area contributed by atoms with Crippen LogP contribution < -0.4 is 5.73 Å². The molecule has 82 valence electrons. The first-order valence-electron chi connectivity index (χ1n) is 5.45. The van der Waals surface area contributed by atoms with Gasteiger partial charge in [0, 0.05) is 4.88 Å². The monoisotopic (exact) mass is 223 g/mol. The number of hydrogen-bond acceptors (Lipinski definition) is 3. The summed E-state index contributed by atoms with van der Waals surface area (Å²) in [4.78, 5) is 12.9. The SMILES string of the molecule is CC(=O)c1c(N)sc2c1C(C)CCC2C. The van der Waals surface area contributed by atoms with E-state index in [-0.39, 0.29) is 5.78 Å². The minimum atomic E-state index is 0.117. The molecule has 2 atom stereocenters. The number of hydrogen-bond donors (Lipinski definition) is 1. The molecule has 0 saturated carbocycles. The summed E-state index contributed by atoms with van der Waals surface area (Å²) in [6.45, 7) is 6.04. The highest BCUT2D eigenvalue weighted by Gasteiger charge is 2.30. The Labute approximate surface area is 94.5 Å². The van der Waals surface area contributed by atoms with Crippen molar-refractivity contribution in [3.63, 3.8) is 0 Å². The Hall–Kier alpha value is -0.830. The van der Waals surface area contributed by atoms with Gasteiger partial charge in [-0.15, -0.1) is 11.3 Å². The van der Waals surface area contributed by atoms with Crippen LogP contribution >= 0.6 is 11.3 Å². The van der Waals surface area contributed by atoms with Crippen molar-refractivity contribution in [2.75, 3.05) is 5.73 Å². The van der Waals surface area contributed by atoms with Gasteiger partial charge >= 0.3 is 0 Å². The molecule has 2 nitrogen and oxygen atoms in total. The van der Waals surface area contributed by atoms with Gasteiger partial charge in [0.05, 0.1) is 10.6 Å². The van der Waals surface area contributed by atoms with E-state index >= 15 is 0 Å². The molecule has 2 rings (SSSR count). The van der Waals surface area contributed by atoms with Gasteiger partial charge in [-0.25, -0.2) is 0 Å². The van der Waals surface area contributed by atoms with E-state index in [4.69, 9.17) is 5.73 Å². The van der Waals surface area contributed by atoms with Crippen molar-refractivity contribution in [1.29, 1.82) is 0 Å². The predicted molar refractivity (Wildman–Crippen MR) is 64.8 cm³/mol. The van der Waals surface area contributed by atoms with Gasteiger partial charge in [-0.3, -0.25) is 4.79 Å². The lowest BCUT2D eigenvalue weighted by Gasteiger charge is -2.24. The first-order valence-corrected chi connectivity index (χ1v) is 6.27. The van der Waals surface area contributed by atoms with Gasteiger partial charge in [-0.2, -0.15) is 0 Å². The number of ketones is 1. The van der Waals surface area contributed by atoms with Crippen LogP contribution in [0.3, 0.4) is 0 Å². The Bertz CT molecular complexity index is 408. The molecule has 1 aliphatic rings. The van der Waals surface area contributed by atoms with Crippen molar-refractivity contribution in [2.45, 2.75) is 45.4 Å². The normalized spacial score (nSPS) is 25.0. The maximum Gasteiger partial charge on any atom is 0.163 e. The average Bonchev–Trinajstić information content (AvgIpc) is 2.50. The van der Waals surface area contributed by atoms with Crippen molar-refractivity contribution in [1.82, 2.24) is 0 Å². The van der Waals surface area contributed by atoms with Gasteiger partial charge in [0.25, 0.3) is 0 Å². The van der Waals surface area contributed by atoms with Crippen molar-refractivity contribution >= 4 is 22.1 Å². The lowest BCUT2D eigenvalue weighted by molar-refractivity contribution is 0.101. The topological polar surface area (TPSA) is 43.1 Å². The van der Waals surface area contributed by atoms with E-state index in [1.165, 1.54) is 23.3 Å². The van der Waals surface area contributed by atoms with Crippen LogP contribution in [0.4, 0.5) is 5.00 Å². The number of carbonyl (C=O) groups excluding carboxylic acids is 1. The second-order valence-corrected chi connectivity index (χ2v) is 5.64. The molecule has 0 spiro atoms. The number of nitrogen functional groups attached to an aromatic ring is 1. The summed E-state index contributed by atoms with van der Waals surface area (Å²) in [5, 5.41) is 0.716. The number of anilines is 1. The third-order valence-electron chi connectivity index (χ3n) is 3.33. The molecule has 15 heavy (non-hydrogen) atoms. The molecule has 0 fully saturated rings. The zero-order chi connectivity index (χ0) is 11.2. The van der Waals surface area contributed by atoms with E-state index in [0.29, 0.717) is 16.8 Å². The highest BCUT2D eigenvalue weighted by atomic mass is 32.1. The quantitative estimate of drug-likeness (QED) is 0.740. The fraction of sp³-hybridized carbons (Fsp3) is 0.583. The van der Waals surface area contributed by atoms with Gasteiger partial charge < -0.3 is 5.73 Å². The summed E-state index contributed by atoms with van der Waals surface area (Å²) in [6, 6.07) is 0. The van der Waals surface area contributed by atoms with E-state index in [9.17, 15) is 4.79 Å². The lowest BCUT2D eigenvalue weighted by atomic mass is 9.81. The smallest absolute Gasteiger partial charge is 0.163 e. The van der Waals surface area contributed by atoms with Crippen LogP contribution in [-0.4, -0.2) is 5.78 Å². The molecule has 1 heterocycles. The molecule has 3 heteroatoms. The average molecular weight is 223 g/mol. The number of fused-ring (bicyclic) bond motifs is 1. The Balaban J connectivity index is 2.63. The van der Waals surface area contributed by atoms with Crippen LogP contribution in [0.25, 0.3) is 0 Å². The minimum Gasteiger partial charge on any atom is -0.390 e. The first kappa shape index (κ1) is 10.7. The molecule has 0 aliphatic heterocycles. The molecular formula is C12H17NOS. The molecule has 1 aliphatic carbocycles. The maximum absolute atomic E-state index is 11.6. The molecule has 0 saturated heterocycles. The highest BCUT2D eigenvalue weighted by Crippen LogP contribution is 2.47. The molecule has 0 bridgehead atoms. The van der Waals surface area contributed by atoms with Gasteiger partial charge in [-0.1, -0.05) is 13.8 Å². The molecule has 0 radical (unpaired) electrons. The zero-order valence-corrected chi connectivity index (χ0v) is 10.3. The molecule has 0 aromatic carbocycles. The van der Waals surface area contributed by atoms with E-state index in [1.54, 1.807) is 18.3 Å². The number of thiophene rings is 1.